The van der Waals surface area contributed by atoms with Gasteiger partial charge in [0.1, 0.15) is 11.4 Å². The van der Waals surface area contributed by atoms with Crippen LogP contribution in [0.5, 0.6) is 0 Å². The standard InChI is InChI=1S/C19H13BrF3N5O2S/c20-13-7-3-1-5-10(13)17(30)27-18(31)26-16-11(15(24)29)9-25-28(16)14-8-4-2-6-12(14)19(21,22)23/h1-9H,(H2,24,29)(H2,26,27,30,31). The van der Waals surface area contributed by atoms with Crippen molar-refractivity contribution < 1.29 is 22.8 Å². The number of para-hydroxylation sites is 1. The second-order valence-corrected chi connectivity index (χ2v) is 7.35. The second kappa shape index (κ2) is 8.86. The molecule has 2 amide bonds. The number of nitrogens with one attached hydrogen (secondary N) is 2. The molecule has 0 radical (unpaired) electrons. The molecule has 0 spiro atoms. The number of anilines is 1. The van der Waals surface area contributed by atoms with Crippen LogP contribution in [-0.2, 0) is 6.18 Å². The zero-order chi connectivity index (χ0) is 22.8. The van der Waals surface area contributed by atoms with Crippen molar-refractivity contribution in [2.24, 2.45) is 5.73 Å². The summed E-state index contributed by atoms with van der Waals surface area (Å²) in [4.78, 5) is 24.2. The largest absolute Gasteiger partial charge is 0.418 e. The van der Waals surface area contributed by atoms with E-state index in [1.165, 1.54) is 18.2 Å². The third kappa shape index (κ3) is 4.91. The molecule has 1 heterocycles. The number of alkyl halides is 3. The first-order valence-electron chi connectivity index (χ1n) is 8.51. The molecule has 0 aliphatic carbocycles. The molecule has 0 fully saturated rings. The van der Waals surface area contributed by atoms with Crippen molar-refractivity contribution in [3.63, 3.8) is 0 Å². The Kier molecular flexibility index (Phi) is 6.41. The number of rotatable bonds is 4. The summed E-state index contributed by atoms with van der Waals surface area (Å²) in [5.74, 6) is -1.74. The van der Waals surface area contributed by atoms with Gasteiger partial charge in [-0.05, 0) is 52.4 Å². The summed E-state index contributed by atoms with van der Waals surface area (Å²) in [6.07, 6.45) is -3.67. The fraction of sp³-hybridized carbons (Fsp3) is 0.0526. The van der Waals surface area contributed by atoms with Crippen LogP contribution in [0.2, 0.25) is 0 Å². The van der Waals surface area contributed by atoms with Gasteiger partial charge in [-0.1, -0.05) is 24.3 Å². The minimum Gasteiger partial charge on any atom is -0.365 e. The van der Waals surface area contributed by atoms with E-state index < -0.39 is 23.6 Å². The molecular formula is C19H13BrF3N5O2S. The number of primary amides is 1. The highest BCUT2D eigenvalue weighted by Crippen LogP contribution is 2.35. The smallest absolute Gasteiger partial charge is 0.365 e. The zero-order valence-electron chi connectivity index (χ0n) is 15.4. The predicted molar refractivity (Wildman–Crippen MR) is 115 cm³/mol. The lowest BCUT2D eigenvalue weighted by Crippen LogP contribution is -2.35. The van der Waals surface area contributed by atoms with E-state index in [0.29, 0.717) is 4.47 Å². The number of amides is 2. The van der Waals surface area contributed by atoms with E-state index in [9.17, 15) is 22.8 Å². The third-order valence-corrected chi connectivity index (χ3v) is 4.95. The van der Waals surface area contributed by atoms with Crippen molar-refractivity contribution in [2.75, 3.05) is 5.32 Å². The number of benzene rings is 2. The molecule has 0 saturated carbocycles. The topological polar surface area (TPSA) is 102 Å². The minimum absolute atomic E-state index is 0.213. The molecule has 0 saturated heterocycles. The van der Waals surface area contributed by atoms with Crippen LogP contribution in [0.4, 0.5) is 19.0 Å². The molecule has 31 heavy (non-hydrogen) atoms. The zero-order valence-corrected chi connectivity index (χ0v) is 17.8. The monoisotopic (exact) mass is 511 g/mol. The molecule has 0 atom stereocenters. The van der Waals surface area contributed by atoms with E-state index >= 15 is 0 Å². The number of carbonyl (C=O) groups is 2. The summed E-state index contributed by atoms with van der Waals surface area (Å²) >= 11 is 8.35. The number of hydrogen-bond acceptors (Lipinski definition) is 4. The van der Waals surface area contributed by atoms with Crippen molar-refractivity contribution >= 4 is 50.9 Å². The Labute approximate surface area is 187 Å². The lowest BCUT2D eigenvalue weighted by Gasteiger charge is -2.16. The van der Waals surface area contributed by atoms with Gasteiger partial charge in [-0.25, -0.2) is 4.68 Å². The SMILES string of the molecule is NC(=O)c1cnn(-c2ccccc2C(F)(F)F)c1NC(=S)NC(=O)c1ccccc1Br. The molecule has 4 N–H and O–H groups in total. The Bertz CT molecular complexity index is 1180. The predicted octanol–water partition coefficient (Wildman–Crippen LogP) is 3.88. The number of carbonyl (C=O) groups excluding carboxylic acids is 2. The number of thiocarbonyl (C=S) groups is 1. The van der Waals surface area contributed by atoms with Crippen molar-refractivity contribution in [2.45, 2.75) is 6.18 Å². The van der Waals surface area contributed by atoms with Gasteiger partial charge in [0.05, 0.1) is 23.0 Å². The Morgan fingerprint density at radius 3 is 2.35 bits per heavy atom. The first-order chi connectivity index (χ1) is 14.6. The molecule has 3 rings (SSSR count). The third-order valence-electron chi connectivity index (χ3n) is 4.05. The van der Waals surface area contributed by atoms with Gasteiger partial charge >= 0.3 is 6.18 Å². The van der Waals surface area contributed by atoms with E-state index in [0.717, 1.165) is 16.9 Å². The van der Waals surface area contributed by atoms with Crippen LogP contribution < -0.4 is 16.4 Å². The fourth-order valence-corrected chi connectivity index (χ4v) is 3.34. The van der Waals surface area contributed by atoms with Crippen LogP contribution in [0.1, 0.15) is 26.3 Å². The number of nitrogens with two attached hydrogens (primary N) is 1. The van der Waals surface area contributed by atoms with Gasteiger partial charge in [0.25, 0.3) is 11.8 Å². The number of nitrogens with zero attached hydrogens (tertiary/aromatic N) is 2. The maximum Gasteiger partial charge on any atom is 0.418 e. The fourth-order valence-electron chi connectivity index (χ4n) is 2.68. The molecule has 12 heteroatoms. The van der Waals surface area contributed by atoms with Crippen LogP contribution in [0.15, 0.2) is 59.2 Å². The quantitative estimate of drug-likeness (QED) is 0.461. The van der Waals surface area contributed by atoms with Crippen molar-refractivity contribution in [3.05, 3.63) is 75.9 Å². The normalized spacial score (nSPS) is 11.1. The molecular weight excluding hydrogens is 499 g/mol. The van der Waals surface area contributed by atoms with E-state index in [-0.39, 0.29) is 27.7 Å². The summed E-state index contributed by atoms with van der Waals surface area (Å²) in [5.41, 5.74) is 4.05. The maximum absolute atomic E-state index is 13.5. The van der Waals surface area contributed by atoms with Gasteiger partial charge in [0, 0.05) is 4.47 Å². The first kappa shape index (κ1) is 22.4. The number of aromatic nitrogens is 2. The Balaban J connectivity index is 1.96. The average molecular weight is 512 g/mol. The van der Waals surface area contributed by atoms with Gasteiger partial charge in [0.2, 0.25) is 0 Å². The van der Waals surface area contributed by atoms with E-state index in [1.807, 2.05) is 0 Å². The Morgan fingerprint density at radius 1 is 1.06 bits per heavy atom. The summed E-state index contributed by atoms with van der Waals surface area (Å²) < 4.78 is 41.7. The van der Waals surface area contributed by atoms with Gasteiger partial charge in [-0.15, -0.1) is 0 Å². The summed E-state index contributed by atoms with van der Waals surface area (Å²) in [7, 11) is 0. The molecule has 0 aliphatic rings. The van der Waals surface area contributed by atoms with Gasteiger partial charge in [0.15, 0.2) is 5.11 Å². The first-order valence-corrected chi connectivity index (χ1v) is 9.71. The highest BCUT2D eigenvalue weighted by atomic mass is 79.9. The van der Waals surface area contributed by atoms with Gasteiger partial charge in [-0.3, -0.25) is 14.9 Å². The van der Waals surface area contributed by atoms with Crippen LogP contribution in [0, 0.1) is 0 Å². The highest BCUT2D eigenvalue weighted by molar-refractivity contribution is 9.10. The van der Waals surface area contributed by atoms with Crippen molar-refractivity contribution in [1.29, 1.82) is 0 Å². The van der Waals surface area contributed by atoms with E-state index in [1.54, 1.807) is 24.3 Å². The number of halogens is 4. The second-order valence-electron chi connectivity index (χ2n) is 6.09. The van der Waals surface area contributed by atoms with Gasteiger partial charge < -0.3 is 11.1 Å². The van der Waals surface area contributed by atoms with E-state index in [4.69, 9.17) is 18.0 Å². The molecule has 0 bridgehead atoms. The lowest BCUT2D eigenvalue weighted by molar-refractivity contribution is -0.137. The average Bonchev–Trinajstić information content (AvgIpc) is 3.11. The Hall–Kier alpha value is -3.25. The highest BCUT2D eigenvalue weighted by Gasteiger charge is 2.35. The van der Waals surface area contributed by atoms with Crippen molar-refractivity contribution in [3.8, 4) is 5.69 Å². The van der Waals surface area contributed by atoms with Crippen LogP contribution in [0.3, 0.4) is 0 Å². The minimum atomic E-state index is -4.68. The molecule has 1 aromatic heterocycles. The van der Waals surface area contributed by atoms with Crippen LogP contribution in [0.25, 0.3) is 5.69 Å². The van der Waals surface area contributed by atoms with Crippen LogP contribution >= 0.6 is 28.1 Å². The van der Waals surface area contributed by atoms with Gasteiger partial charge in [-0.2, -0.15) is 18.3 Å². The summed E-state index contributed by atoms with van der Waals surface area (Å²) in [6.45, 7) is 0. The molecule has 0 aliphatic heterocycles. The summed E-state index contributed by atoms with van der Waals surface area (Å²) in [5, 5.41) is 8.55. The molecule has 160 valence electrons. The van der Waals surface area contributed by atoms with E-state index in [2.05, 4.69) is 31.7 Å². The molecule has 7 nitrogen and oxygen atoms in total. The lowest BCUT2D eigenvalue weighted by atomic mass is 10.1. The van der Waals surface area contributed by atoms with Crippen LogP contribution in [-0.4, -0.2) is 26.7 Å². The molecule has 2 aromatic carbocycles. The number of hydrogen-bond donors (Lipinski definition) is 3. The molecule has 0 unspecified atom stereocenters. The molecule has 3 aromatic rings. The Morgan fingerprint density at radius 2 is 1.71 bits per heavy atom. The maximum atomic E-state index is 13.5. The van der Waals surface area contributed by atoms with Crippen molar-refractivity contribution in [1.82, 2.24) is 15.1 Å². The summed E-state index contributed by atoms with van der Waals surface area (Å²) in [6, 6.07) is 11.2.